The standard InChI is InChI=1S/C13H12ClN3O/c14-12-5-4-9(16)7-11(12)13(18)17-10-3-1-2-8(15)6-10/h1-7H,15-16H2,(H,17,18). The molecule has 0 heterocycles. The zero-order valence-corrected chi connectivity index (χ0v) is 10.2. The van der Waals surface area contributed by atoms with Crippen LogP contribution in [-0.4, -0.2) is 5.91 Å². The molecule has 18 heavy (non-hydrogen) atoms. The molecular formula is C13H12ClN3O. The smallest absolute Gasteiger partial charge is 0.257 e. The highest BCUT2D eigenvalue weighted by atomic mass is 35.5. The zero-order valence-electron chi connectivity index (χ0n) is 9.48. The summed E-state index contributed by atoms with van der Waals surface area (Å²) >= 11 is 5.95. The zero-order chi connectivity index (χ0) is 13.1. The summed E-state index contributed by atoms with van der Waals surface area (Å²) in [4.78, 5) is 12.0. The Hall–Kier alpha value is -2.20. The first-order chi connectivity index (χ1) is 8.56. The van der Waals surface area contributed by atoms with E-state index in [0.29, 0.717) is 27.6 Å². The van der Waals surface area contributed by atoms with Gasteiger partial charge in [-0.2, -0.15) is 0 Å². The van der Waals surface area contributed by atoms with E-state index in [1.165, 1.54) is 6.07 Å². The molecule has 92 valence electrons. The molecule has 0 atom stereocenters. The molecule has 2 aromatic rings. The number of amides is 1. The van der Waals surface area contributed by atoms with Gasteiger partial charge >= 0.3 is 0 Å². The second kappa shape index (κ2) is 4.98. The fraction of sp³-hybridized carbons (Fsp3) is 0. The van der Waals surface area contributed by atoms with Gasteiger partial charge < -0.3 is 16.8 Å². The summed E-state index contributed by atoms with van der Waals surface area (Å²) in [7, 11) is 0. The number of nitrogen functional groups attached to an aromatic ring is 2. The fourth-order valence-corrected chi connectivity index (χ4v) is 1.74. The van der Waals surface area contributed by atoms with Crippen LogP contribution >= 0.6 is 11.6 Å². The lowest BCUT2D eigenvalue weighted by Gasteiger charge is -2.08. The SMILES string of the molecule is Nc1cccc(NC(=O)c2cc(N)ccc2Cl)c1. The first kappa shape index (κ1) is 12.3. The highest BCUT2D eigenvalue weighted by molar-refractivity contribution is 6.34. The molecule has 4 nitrogen and oxygen atoms in total. The van der Waals surface area contributed by atoms with Gasteiger partial charge in [0.15, 0.2) is 0 Å². The average Bonchev–Trinajstić information content (AvgIpc) is 2.32. The maximum absolute atomic E-state index is 12.0. The Bertz CT molecular complexity index is 599. The lowest BCUT2D eigenvalue weighted by Crippen LogP contribution is -2.13. The average molecular weight is 262 g/mol. The van der Waals surface area contributed by atoms with Crippen molar-refractivity contribution in [2.45, 2.75) is 0 Å². The molecule has 0 bridgehead atoms. The van der Waals surface area contributed by atoms with Crippen LogP contribution < -0.4 is 16.8 Å². The highest BCUT2D eigenvalue weighted by Crippen LogP contribution is 2.21. The maximum Gasteiger partial charge on any atom is 0.257 e. The number of rotatable bonds is 2. The Morgan fingerprint density at radius 3 is 2.50 bits per heavy atom. The minimum Gasteiger partial charge on any atom is -0.399 e. The Kier molecular flexibility index (Phi) is 3.39. The summed E-state index contributed by atoms with van der Waals surface area (Å²) in [6.07, 6.45) is 0. The molecule has 0 radical (unpaired) electrons. The van der Waals surface area contributed by atoms with E-state index in [4.69, 9.17) is 23.1 Å². The number of carbonyl (C=O) groups excluding carboxylic acids is 1. The predicted molar refractivity (Wildman–Crippen MR) is 74.7 cm³/mol. The van der Waals surface area contributed by atoms with E-state index in [-0.39, 0.29) is 5.91 Å². The first-order valence-electron chi connectivity index (χ1n) is 5.28. The molecule has 0 fully saturated rings. The molecule has 1 amide bonds. The summed E-state index contributed by atoms with van der Waals surface area (Å²) < 4.78 is 0. The molecule has 0 saturated carbocycles. The third-order valence-corrected chi connectivity index (χ3v) is 2.71. The van der Waals surface area contributed by atoms with E-state index >= 15 is 0 Å². The number of hydrogen-bond acceptors (Lipinski definition) is 3. The summed E-state index contributed by atoms with van der Waals surface area (Å²) in [5.41, 5.74) is 13.3. The van der Waals surface area contributed by atoms with Crippen molar-refractivity contribution in [1.82, 2.24) is 0 Å². The number of benzene rings is 2. The van der Waals surface area contributed by atoms with Crippen LogP contribution in [0.4, 0.5) is 17.1 Å². The lowest BCUT2D eigenvalue weighted by atomic mass is 10.2. The minimum absolute atomic E-state index is 0.321. The third-order valence-electron chi connectivity index (χ3n) is 2.38. The Balaban J connectivity index is 2.24. The largest absolute Gasteiger partial charge is 0.399 e. The minimum atomic E-state index is -0.321. The van der Waals surface area contributed by atoms with Crippen LogP contribution in [0.2, 0.25) is 5.02 Å². The maximum atomic E-state index is 12.0. The highest BCUT2D eigenvalue weighted by Gasteiger charge is 2.11. The van der Waals surface area contributed by atoms with Gasteiger partial charge in [-0.3, -0.25) is 4.79 Å². The van der Waals surface area contributed by atoms with Crippen molar-refractivity contribution in [3.05, 3.63) is 53.1 Å². The van der Waals surface area contributed by atoms with Gasteiger partial charge in [0, 0.05) is 17.1 Å². The quantitative estimate of drug-likeness (QED) is 0.727. The van der Waals surface area contributed by atoms with E-state index in [1.807, 2.05) is 0 Å². The van der Waals surface area contributed by atoms with Gasteiger partial charge in [-0.05, 0) is 36.4 Å². The molecule has 0 aromatic heterocycles. The van der Waals surface area contributed by atoms with Gasteiger partial charge in [-0.15, -0.1) is 0 Å². The van der Waals surface area contributed by atoms with Gasteiger partial charge in [0.05, 0.1) is 10.6 Å². The Morgan fingerprint density at radius 1 is 1.06 bits per heavy atom. The van der Waals surface area contributed by atoms with Crippen LogP contribution in [0, 0.1) is 0 Å². The first-order valence-corrected chi connectivity index (χ1v) is 5.66. The molecule has 0 saturated heterocycles. The number of nitrogens with one attached hydrogen (secondary N) is 1. The second-order valence-corrected chi connectivity index (χ2v) is 4.23. The molecule has 2 rings (SSSR count). The third kappa shape index (κ3) is 2.73. The number of anilines is 3. The van der Waals surface area contributed by atoms with Crippen molar-refractivity contribution in [3.63, 3.8) is 0 Å². The van der Waals surface area contributed by atoms with Gasteiger partial charge in [0.1, 0.15) is 0 Å². The van der Waals surface area contributed by atoms with E-state index in [1.54, 1.807) is 36.4 Å². The van der Waals surface area contributed by atoms with E-state index in [9.17, 15) is 4.79 Å². The lowest BCUT2D eigenvalue weighted by molar-refractivity contribution is 0.102. The monoisotopic (exact) mass is 261 g/mol. The van der Waals surface area contributed by atoms with Crippen molar-refractivity contribution >= 4 is 34.6 Å². The molecule has 0 unspecified atom stereocenters. The molecule has 0 aliphatic carbocycles. The van der Waals surface area contributed by atoms with Crippen LogP contribution in [-0.2, 0) is 0 Å². The molecule has 0 aliphatic rings. The number of carbonyl (C=O) groups is 1. The number of nitrogens with two attached hydrogens (primary N) is 2. The van der Waals surface area contributed by atoms with Gasteiger partial charge in [0.2, 0.25) is 0 Å². The summed E-state index contributed by atoms with van der Waals surface area (Å²) in [5, 5.41) is 3.06. The van der Waals surface area contributed by atoms with Crippen molar-refractivity contribution in [3.8, 4) is 0 Å². The summed E-state index contributed by atoms with van der Waals surface area (Å²) in [5.74, 6) is -0.321. The summed E-state index contributed by atoms with van der Waals surface area (Å²) in [6, 6.07) is 11.7. The van der Waals surface area contributed by atoms with Crippen molar-refractivity contribution in [2.24, 2.45) is 0 Å². The van der Waals surface area contributed by atoms with Crippen LogP contribution in [0.3, 0.4) is 0 Å². The predicted octanol–water partition coefficient (Wildman–Crippen LogP) is 2.76. The van der Waals surface area contributed by atoms with Gasteiger partial charge in [0.25, 0.3) is 5.91 Å². The molecular weight excluding hydrogens is 250 g/mol. The topological polar surface area (TPSA) is 81.1 Å². The molecule has 0 spiro atoms. The fourth-order valence-electron chi connectivity index (χ4n) is 1.53. The van der Waals surface area contributed by atoms with Crippen molar-refractivity contribution in [1.29, 1.82) is 0 Å². The van der Waals surface area contributed by atoms with Crippen LogP contribution in [0.1, 0.15) is 10.4 Å². The molecule has 5 heteroatoms. The van der Waals surface area contributed by atoms with E-state index in [2.05, 4.69) is 5.32 Å². The number of hydrogen-bond donors (Lipinski definition) is 3. The normalized spacial score (nSPS) is 10.1. The molecule has 5 N–H and O–H groups in total. The molecule has 2 aromatic carbocycles. The van der Waals surface area contributed by atoms with E-state index < -0.39 is 0 Å². The second-order valence-electron chi connectivity index (χ2n) is 3.82. The molecule has 0 aliphatic heterocycles. The van der Waals surface area contributed by atoms with Crippen molar-refractivity contribution in [2.75, 3.05) is 16.8 Å². The van der Waals surface area contributed by atoms with E-state index in [0.717, 1.165) is 0 Å². The van der Waals surface area contributed by atoms with Gasteiger partial charge in [-0.25, -0.2) is 0 Å². The van der Waals surface area contributed by atoms with Crippen LogP contribution in [0.25, 0.3) is 0 Å². The number of halogens is 1. The van der Waals surface area contributed by atoms with Crippen LogP contribution in [0.15, 0.2) is 42.5 Å². The Labute approximate surface area is 110 Å². The van der Waals surface area contributed by atoms with Crippen molar-refractivity contribution < 1.29 is 4.79 Å². The summed E-state index contributed by atoms with van der Waals surface area (Å²) in [6.45, 7) is 0. The Morgan fingerprint density at radius 2 is 1.78 bits per heavy atom. The van der Waals surface area contributed by atoms with Gasteiger partial charge in [-0.1, -0.05) is 17.7 Å². The van der Waals surface area contributed by atoms with Crippen LogP contribution in [0.5, 0.6) is 0 Å².